The molecule has 0 aliphatic carbocycles. The summed E-state index contributed by atoms with van der Waals surface area (Å²) >= 11 is 0. The van der Waals surface area contributed by atoms with Gasteiger partial charge < -0.3 is 5.32 Å². The second kappa shape index (κ2) is 6.18. The summed E-state index contributed by atoms with van der Waals surface area (Å²) in [5.74, 6) is 0. The molecule has 0 aromatic heterocycles. The number of anilines is 2. The van der Waals surface area contributed by atoms with Gasteiger partial charge in [-0.05, 0) is 56.7 Å². The zero-order valence-electron chi connectivity index (χ0n) is 12.5. The van der Waals surface area contributed by atoms with Crippen LogP contribution in [0.3, 0.4) is 0 Å². The van der Waals surface area contributed by atoms with E-state index in [-0.39, 0.29) is 4.90 Å². The fourth-order valence-corrected chi connectivity index (χ4v) is 3.22. The van der Waals surface area contributed by atoms with Crippen LogP contribution in [0.1, 0.15) is 18.1 Å². The monoisotopic (exact) mass is 304 g/mol. The summed E-state index contributed by atoms with van der Waals surface area (Å²) in [6.45, 7) is 6.66. The van der Waals surface area contributed by atoms with Crippen LogP contribution >= 0.6 is 0 Å². The first kappa shape index (κ1) is 15.4. The lowest BCUT2D eigenvalue weighted by Crippen LogP contribution is -2.13. The molecule has 0 spiro atoms. The lowest BCUT2D eigenvalue weighted by Gasteiger charge is -2.12. The normalized spacial score (nSPS) is 11.2. The van der Waals surface area contributed by atoms with E-state index in [1.807, 2.05) is 32.9 Å². The van der Waals surface area contributed by atoms with Crippen LogP contribution in [-0.4, -0.2) is 15.0 Å². The number of sulfonamides is 1. The zero-order chi connectivity index (χ0) is 15.5. The summed E-state index contributed by atoms with van der Waals surface area (Å²) in [5, 5.41) is 3.14. The van der Waals surface area contributed by atoms with Crippen molar-refractivity contribution in [3.8, 4) is 0 Å². The quantitative estimate of drug-likeness (QED) is 0.888. The minimum absolute atomic E-state index is 0.254. The third kappa shape index (κ3) is 3.76. The summed E-state index contributed by atoms with van der Waals surface area (Å²) in [7, 11) is -3.56. The molecule has 4 nitrogen and oxygen atoms in total. The largest absolute Gasteiger partial charge is 0.385 e. The average molecular weight is 304 g/mol. The smallest absolute Gasteiger partial charge is 0.261 e. The van der Waals surface area contributed by atoms with Crippen LogP contribution in [0, 0.1) is 13.8 Å². The van der Waals surface area contributed by atoms with Gasteiger partial charge in [0.2, 0.25) is 0 Å². The topological polar surface area (TPSA) is 58.2 Å². The molecule has 21 heavy (non-hydrogen) atoms. The van der Waals surface area contributed by atoms with Crippen LogP contribution < -0.4 is 10.0 Å². The van der Waals surface area contributed by atoms with Crippen molar-refractivity contribution >= 4 is 21.4 Å². The maximum atomic E-state index is 12.4. The SMILES string of the molecule is CCNc1ccc(S(=O)(=O)Nc2ccc(C)cc2C)cc1. The molecule has 0 heterocycles. The second-order valence-electron chi connectivity index (χ2n) is 4.98. The molecule has 0 amide bonds. The Kier molecular flexibility index (Phi) is 4.53. The number of aryl methyl sites for hydroxylation is 2. The Bertz CT molecular complexity index is 722. The Hall–Kier alpha value is -2.01. The van der Waals surface area contributed by atoms with E-state index in [2.05, 4.69) is 10.0 Å². The van der Waals surface area contributed by atoms with Crippen molar-refractivity contribution in [2.45, 2.75) is 25.7 Å². The molecule has 2 N–H and O–H groups in total. The van der Waals surface area contributed by atoms with Crippen molar-refractivity contribution in [1.29, 1.82) is 0 Å². The summed E-state index contributed by atoms with van der Waals surface area (Å²) in [4.78, 5) is 0.254. The van der Waals surface area contributed by atoms with Gasteiger partial charge in [-0.3, -0.25) is 4.72 Å². The van der Waals surface area contributed by atoms with E-state index in [9.17, 15) is 8.42 Å². The van der Waals surface area contributed by atoms with Gasteiger partial charge in [-0.1, -0.05) is 17.7 Å². The predicted molar refractivity (Wildman–Crippen MR) is 87.3 cm³/mol. The molecule has 0 radical (unpaired) electrons. The fraction of sp³-hybridized carbons (Fsp3) is 0.250. The third-order valence-electron chi connectivity index (χ3n) is 3.17. The molecular weight excluding hydrogens is 284 g/mol. The summed E-state index contributed by atoms with van der Waals surface area (Å²) in [6.07, 6.45) is 0. The lowest BCUT2D eigenvalue weighted by atomic mass is 10.1. The van der Waals surface area contributed by atoms with Crippen molar-refractivity contribution in [3.05, 3.63) is 53.6 Å². The Morgan fingerprint density at radius 3 is 2.24 bits per heavy atom. The van der Waals surface area contributed by atoms with Gasteiger partial charge in [0, 0.05) is 12.2 Å². The van der Waals surface area contributed by atoms with E-state index in [4.69, 9.17) is 0 Å². The van der Waals surface area contributed by atoms with Gasteiger partial charge in [-0.15, -0.1) is 0 Å². The Balaban J connectivity index is 2.25. The number of hydrogen-bond donors (Lipinski definition) is 2. The van der Waals surface area contributed by atoms with E-state index in [0.29, 0.717) is 5.69 Å². The second-order valence-corrected chi connectivity index (χ2v) is 6.66. The highest BCUT2D eigenvalue weighted by atomic mass is 32.2. The number of benzene rings is 2. The van der Waals surface area contributed by atoms with Crippen molar-refractivity contribution < 1.29 is 8.42 Å². The van der Waals surface area contributed by atoms with Gasteiger partial charge in [0.1, 0.15) is 0 Å². The molecule has 0 saturated carbocycles. The molecule has 0 aliphatic heterocycles. The first-order chi connectivity index (χ1) is 9.92. The molecule has 0 unspecified atom stereocenters. The van der Waals surface area contributed by atoms with Gasteiger partial charge >= 0.3 is 0 Å². The van der Waals surface area contributed by atoms with E-state index < -0.39 is 10.0 Å². The van der Waals surface area contributed by atoms with Crippen LogP contribution in [0.5, 0.6) is 0 Å². The molecule has 2 aromatic rings. The summed E-state index contributed by atoms with van der Waals surface area (Å²) in [6, 6.07) is 12.4. The van der Waals surface area contributed by atoms with Crippen molar-refractivity contribution in [2.24, 2.45) is 0 Å². The van der Waals surface area contributed by atoms with Crippen LogP contribution in [-0.2, 0) is 10.0 Å². The van der Waals surface area contributed by atoms with Gasteiger partial charge in [0.05, 0.1) is 10.6 Å². The van der Waals surface area contributed by atoms with Crippen LogP contribution in [0.25, 0.3) is 0 Å². The van der Waals surface area contributed by atoms with E-state index in [1.54, 1.807) is 30.3 Å². The average Bonchev–Trinajstić information content (AvgIpc) is 2.43. The van der Waals surface area contributed by atoms with Gasteiger partial charge in [-0.25, -0.2) is 8.42 Å². The molecule has 0 saturated heterocycles. The van der Waals surface area contributed by atoms with Gasteiger partial charge in [-0.2, -0.15) is 0 Å². The fourth-order valence-electron chi connectivity index (χ4n) is 2.09. The molecule has 112 valence electrons. The Morgan fingerprint density at radius 2 is 1.67 bits per heavy atom. The minimum atomic E-state index is -3.56. The predicted octanol–water partition coefficient (Wildman–Crippen LogP) is 3.54. The Labute approximate surface area is 126 Å². The van der Waals surface area contributed by atoms with E-state index >= 15 is 0 Å². The number of nitrogens with one attached hydrogen (secondary N) is 2. The number of hydrogen-bond acceptors (Lipinski definition) is 3. The van der Waals surface area contributed by atoms with Crippen LogP contribution in [0.4, 0.5) is 11.4 Å². The molecule has 0 aliphatic rings. The first-order valence-corrected chi connectivity index (χ1v) is 8.34. The number of rotatable bonds is 5. The summed E-state index contributed by atoms with van der Waals surface area (Å²) < 4.78 is 27.4. The highest BCUT2D eigenvalue weighted by Gasteiger charge is 2.15. The molecule has 2 rings (SSSR count). The van der Waals surface area contributed by atoms with Crippen molar-refractivity contribution in [3.63, 3.8) is 0 Å². The highest BCUT2D eigenvalue weighted by Crippen LogP contribution is 2.21. The molecule has 2 aromatic carbocycles. The molecule has 0 bridgehead atoms. The standard InChI is InChI=1S/C16H20N2O2S/c1-4-17-14-6-8-15(9-7-14)21(19,20)18-16-10-5-12(2)11-13(16)3/h5-11,17-18H,4H2,1-3H3. The lowest BCUT2D eigenvalue weighted by molar-refractivity contribution is 0.601. The van der Waals surface area contributed by atoms with E-state index in [1.165, 1.54) is 0 Å². The van der Waals surface area contributed by atoms with Gasteiger partial charge in [0.15, 0.2) is 0 Å². The maximum Gasteiger partial charge on any atom is 0.261 e. The summed E-state index contributed by atoms with van der Waals surface area (Å²) in [5.41, 5.74) is 3.52. The zero-order valence-corrected chi connectivity index (χ0v) is 13.3. The minimum Gasteiger partial charge on any atom is -0.385 e. The molecule has 5 heteroatoms. The van der Waals surface area contributed by atoms with Gasteiger partial charge in [0.25, 0.3) is 10.0 Å². The molecule has 0 atom stereocenters. The highest BCUT2D eigenvalue weighted by molar-refractivity contribution is 7.92. The van der Waals surface area contributed by atoms with Crippen molar-refractivity contribution in [2.75, 3.05) is 16.6 Å². The van der Waals surface area contributed by atoms with Crippen LogP contribution in [0.15, 0.2) is 47.4 Å². The Morgan fingerprint density at radius 1 is 1.00 bits per heavy atom. The third-order valence-corrected chi connectivity index (χ3v) is 4.55. The first-order valence-electron chi connectivity index (χ1n) is 6.86. The molecular formula is C16H20N2O2S. The van der Waals surface area contributed by atoms with E-state index in [0.717, 1.165) is 23.4 Å². The van der Waals surface area contributed by atoms with Crippen LogP contribution in [0.2, 0.25) is 0 Å². The molecule has 0 fully saturated rings. The maximum absolute atomic E-state index is 12.4. The van der Waals surface area contributed by atoms with Crippen molar-refractivity contribution in [1.82, 2.24) is 0 Å².